The van der Waals surface area contributed by atoms with Gasteiger partial charge in [0.2, 0.25) is 0 Å². The molecule has 0 spiro atoms. The van der Waals surface area contributed by atoms with Gasteiger partial charge in [0.05, 0.1) is 0 Å². The van der Waals surface area contributed by atoms with Gasteiger partial charge in [-0.05, 0) is 0 Å². The average molecular weight is 296 g/mol. The zero-order valence-corrected chi connectivity index (χ0v) is 13.4. The van der Waals surface area contributed by atoms with Gasteiger partial charge in [0.25, 0.3) is 0 Å². The van der Waals surface area contributed by atoms with E-state index >= 15 is 0 Å². The quantitative estimate of drug-likeness (QED) is 0.850. The molecule has 0 aromatic heterocycles. The molecule has 3 rings (SSSR count). The average Bonchev–Trinajstić information content (AvgIpc) is 2.55. The fourth-order valence-corrected chi connectivity index (χ4v) is 8.49. The topological polar surface area (TPSA) is 20.2 Å². The Bertz CT molecular complexity index is 661. The zero-order chi connectivity index (χ0) is 14.9. The molecule has 0 bridgehead atoms. The molecule has 21 heavy (non-hydrogen) atoms. The predicted molar refractivity (Wildman–Crippen MR) is 93.6 cm³/mol. The van der Waals surface area contributed by atoms with E-state index in [0.717, 1.165) is 15.9 Å². The van der Waals surface area contributed by atoms with Gasteiger partial charge in [-0.2, -0.15) is 0 Å². The van der Waals surface area contributed by atoms with Crippen LogP contribution < -0.4 is 10.6 Å². The molecule has 2 aromatic carbocycles. The van der Waals surface area contributed by atoms with Gasteiger partial charge < -0.3 is 0 Å². The Balaban J connectivity index is 2.35. The summed E-state index contributed by atoms with van der Waals surface area (Å²) in [5.41, 5.74) is 0.145. The summed E-state index contributed by atoms with van der Waals surface area (Å²) in [4.78, 5) is 12.2. The number of rotatable bonds is 3. The van der Waals surface area contributed by atoms with Crippen molar-refractivity contribution in [3.63, 3.8) is 0 Å². The Labute approximate surface area is 126 Å². The molecule has 1 nitrogen and oxygen atoms in total. The molecule has 1 aliphatic rings. The van der Waals surface area contributed by atoms with Gasteiger partial charge in [0.15, 0.2) is 0 Å². The van der Waals surface area contributed by atoms with Crippen molar-refractivity contribution in [2.45, 2.75) is 19.5 Å². The second kappa shape index (κ2) is 4.94. The van der Waals surface area contributed by atoms with Crippen LogP contribution in [0.1, 0.15) is 13.8 Å². The Hall–Kier alpha value is -1.69. The van der Waals surface area contributed by atoms with Gasteiger partial charge in [0.1, 0.15) is 0 Å². The molecule has 1 atom stereocenters. The maximum absolute atomic E-state index is 12.2. The molecule has 2 heteroatoms. The summed E-state index contributed by atoms with van der Waals surface area (Å²) >= 11 is 0. The molecule has 2 aromatic rings. The minimum absolute atomic E-state index is 0.145. The van der Waals surface area contributed by atoms with Crippen LogP contribution >= 0.6 is 6.83 Å². The fraction of sp³-hybridized carbons (Fsp3) is 0.158. The SMILES string of the molecule is C/C=C/C1=C[C@@H](C)P1(O)(c1ccccc1)c1ccccc1. The van der Waals surface area contributed by atoms with Crippen molar-refractivity contribution in [1.29, 1.82) is 0 Å². The molecule has 0 unspecified atom stereocenters. The van der Waals surface area contributed by atoms with Gasteiger partial charge >= 0.3 is 126 Å². The summed E-state index contributed by atoms with van der Waals surface area (Å²) in [6, 6.07) is 20.3. The molecule has 1 heterocycles. The summed E-state index contributed by atoms with van der Waals surface area (Å²) in [6.07, 6.45) is 6.27. The number of hydrogen-bond donors (Lipinski definition) is 1. The Kier molecular flexibility index (Phi) is 3.36. The summed E-state index contributed by atoms with van der Waals surface area (Å²) in [5, 5.41) is 3.18. The van der Waals surface area contributed by atoms with Crippen molar-refractivity contribution in [3.8, 4) is 0 Å². The summed E-state index contributed by atoms with van der Waals surface area (Å²) in [6.45, 7) is 0.857. The number of allylic oxidation sites excluding steroid dienone is 4. The van der Waals surface area contributed by atoms with Gasteiger partial charge in [-0.3, -0.25) is 0 Å². The van der Waals surface area contributed by atoms with E-state index in [1.54, 1.807) is 0 Å². The third-order valence-electron chi connectivity index (χ3n) is 4.62. The Morgan fingerprint density at radius 2 is 1.38 bits per heavy atom. The van der Waals surface area contributed by atoms with Gasteiger partial charge in [-0.25, -0.2) is 0 Å². The Morgan fingerprint density at radius 1 is 0.905 bits per heavy atom. The third-order valence-corrected chi connectivity index (χ3v) is 10.4. The first-order chi connectivity index (χ1) is 10.1. The van der Waals surface area contributed by atoms with Crippen molar-refractivity contribution in [1.82, 2.24) is 0 Å². The predicted octanol–water partition coefficient (Wildman–Crippen LogP) is 3.96. The van der Waals surface area contributed by atoms with Crippen LogP contribution in [0.3, 0.4) is 0 Å². The number of hydrogen-bond acceptors (Lipinski definition) is 1. The molecule has 1 N–H and O–H groups in total. The van der Waals surface area contributed by atoms with E-state index in [1.165, 1.54) is 0 Å². The van der Waals surface area contributed by atoms with E-state index in [0.29, 0.717) is 0 Å². The molecular formula is C19H21OP. The molecule has 0 radical (unpaired) electrons. The third kappa shape index (κ3) is 1.71. The second-order valence-electron chi connectivity index (χ2n) is 5.64. The molecule has 0 amide bonds. The van der Waals surface area contributed by atoms with E-state index in [-0.39, 0.29) is 5.66 Å². The zero-order valence-electron chi connectivity index (χ0n) is 12.5. The first-order valence-corrected chi connectivity index (χ1v) is 9.61. The standard InChI is InChI=1S/C19H21OP/c1-3-10-19-15-16(2)21(19,20,17-11-6-4-7-12-17)18-13-8-5-9-14-18/h3-16,20H,1-2H3/b10-3+/t16-/m1/s1. The molecule has 0 fully saturated rings. The minimum atomic E-state index is -3.27. The summed E-state index contributed by atoms with van der Waals surface area (Å²) in [7, 11) is 0. The van der Waals surface area contributed by atoms with Gasteiger partial charge in [-0.1, -0.05) is 0 Å². The molecule has 108 valence electrons. The first-order valence-electron chi connectivity index (χ1n) is 7.35. The van der Waals surface area contributed by atoms with E-state index in [9.17, 15) is 4.89 Å². The van der Waals surface area contributed by atoms with E-state index in [2.05, 4.69) is 43.3 Å². The van der Waals surface area contributed by atoms with Crippen LogP contribution in [0.25, 0.3) is 0 Å². The van der Waals surface area contributed by atoms with E-state index in [4.69, 9.17) is 0 Å². The van der Waals surface area contributed by atoms with Crippen LogP contribution in [0.5, 0.6) is 0 Å². The van der Waals surface area contributed by atoms with E-state index in [1.807, 2.05) is 49.4 Å². The van der Waals surface area contributed by atoms with Gasteiger partial charge in [0, 0.05) is 0 Å². The van der Waals surface area contributed by atoms with Crippen LogP contribution in [0, 0.1) is 0 Å². The monoisotopic (exact) mass is 296 g/mol. The molecular weight excluding hydrogens is 275 g/mol. The number of benzene rings is 2. The molecule has 0 saturated carbocycles. The maximum atomic E-state index is 12.2. The van der Waals surface area contributed by atoms with Crippen LogP contribution in [-0.4, -0.2) is 10.6 Å². The summed E-state index contributed by atoms with van der Waals surface area (Å²) in [5.74, 6) is 0. The van der Waals surface area contributed by atoms with Crippen LogP contribution in [0.15, 0.2) is 84.2 Å². The molecule has 0 aliphatic carbocycles. The van der Waals surface area contributed by atoms with Crippen molar-refractivity contribution in [2.24, 2.45) is 0 Å². The molecule has 1 aliphatic heterocycles. The van der Waals surface area contributed by atoms with Crippen LogP contribution in [0.4, 0.5) is 0 Å². The van der Waals surface area contributed by atoms with Gasteiger partial charge in [-0.15, -0.1) is 0 Å². The van der Waals surface area contributed by atoms with Crippen molar-refractivity contribution < 1.29 is 4.89 Å². The van der Waals surface area contributed by atoms with Crippen LogP contribution in [-0.2, 0) is 0 Å². The van der Waals surface area contributed by atoms with E-state index < -0.39 is 6.83 Å². The normalized spacial score (nSPS) is 24.6. The molecule has 0 saturated heterocycles. The van der Waals surface area contributed by atoms with Crippen molar-refractivity contribution in [2.75, 3.05) is 0 Å². The summed E-state index contributed by atoms with van der Waals surface area (Å²) < 4.78 is 0. The second-order valence-corrected chi connectivity index (χ2v) is 10.3. The fourth-order valence-electron chi connectivity index (χ4n) is 3.45. The van der Waals surface area contributed by atoms with Crippen molar-refractivity contribution >= 4 is 17.4 Å². The Morgan fingerprint density at radius 3 is 1.76 bits per heavy atom. The first kappa shape index (κ1) is 14.3. The van der Waals surface area contributed by atoms with Crippen molar-refractivity contribution in [3.05, 3.63) is 84.2 Å². The van der Waals surface area contributed by atoms with Crippen LogP contribution in [0.2, 0.25) is 0 Å².